The Labute approximate surface area is 211 Å². The topological polar surface area (TPSA) is 96.4 Å². The van der Waals surface area contributed by atoms with Gasteiger partial charge in [-0.2, -0.15) is 13.2 Å². The molecule has 6 N–H and O–H groups in total. The summed E-state index contributed by atoms with van der Waals surface area (Å²) in [6, 6.07) is 5.13. The second-order valence-corrected chi connectivity index (χ2v) is 10.3. The average molecular weight is 556 g/mol. The first kappa shape index (κ1) is 26.5. The maximum atomic E-state index is 15.1. The minimum atomic E-state index is -4.49. The monoisotopic (exact) mass is 555 g/mol. The normalized spacial score (nSPS) is 17.4. The molecule has 1 saturated heterocycles. The van der Waals surface area contributed by atoms with Crippen LogP contribution in [0.25, 0.3) is 5.70 Å². The number of carbonyl (C=O) groups is 1. The molecule has 2 heterocycles. The van der Waals surface area contributed by atoms with Crippen LogP contribution in [0.4, 0.5) is 22.4 Å². The molecule has 1 aromatic heterocycles. The Morgan fingerprint density at radius 2 is 1.91 bits per heavy atom. The van der Waals surface area contributed by atoms with Crippen molar-refractivity contribution in [2.24, 2.45) is 11.6 Å². The molecule has 1 aliphatic rings. The first-order chi connectivity index (χ1) is 16.0. The number of alkyl halides is 3. The van der Waals surface area contributed by atoms with Crippen LogP contribution in [0.15, 0.2) is 51.6 Å². The summed E-state index contributed by atoms with van der Waals surface area (Å²) >= 11 is 13.9. The van der Waals surface area contributed by atoms with Gasteiger partial charge in [-0.3, -0.25) is 4.72 Å². The molecule has 2 amide bonds. The first-order valence-corrected chi connectivity index (χ1v) is 12.1. The van der Waals surface area contributed by atoms with E-state index in [9.17, 15) is 18.0 Å². The van der Waals surface area contributed by atoms with Gasteiger partial charge in [-0.25, -0.2) is 15.0 Å². The van der Waals surface area contributed by atoms with Gasteiger partial charge >= 0.3 is 12.2 Å². The minimum absolute atomic E-state index is 0.0348. The van der Waals surface area contributed by atoms with Gasteiger partial charge < -0.3 is 16.1 Å². The number of piperidine rings is 1. The molecule has 0 unspecified atom stereocenters. The second kappa shape index (κ2) is 11.1. The van der Waals surface area contributed by atoms with Gasteiger partial charge in [0, 0.05) is 12.1 Å². The van der Waals surface area contributed by atoms with E-state index in [1.54, 1.807) is 6.07 Å². The lowest BCUT2D eigenvalue weighted by Crippen LogP contribution is -2.38. The number of nitrogens with zero attached hydrogens (tertiary/aromatic N) is 1. The molecule has 6 nitrogen and oxygen atoms in total. The summed E-state index contributed by atoms with van der Waals surface area (Å²) in [7, 11) is 0. The van der Waals surface area contributed by atoms with Crippen LogP contribution in [0.5, 0.6) is 0 Å². The summed E-state index contributed by atoms with van der Waals surface area (Å²) < 4.78 is 57.1. The molecule has 3 rings (SSSR count). The Balaban J connectivity index is 1.74. The van der Waals surface area contributed by atoms with Gasteiger partial charge in [0.05, 0.1) is 32.7 Å². The first-order valence-electron chi connectivity index (χ1n) is 9.70. The molecule has 0 aliphatic carbocycles. The third kappa shape index (κ3) is 6.51. The van der Waals surface area contributed by atoms with Crippen LogP contribution in [-0.4, -0.2) is 24.1 Å². The van der Waals surface area contributed by atoms with Crippen molar-refractivity contribution >= 4 is 58.2 Å². The third-order valence-corrected chi connectivity index (χ3v) is 7.54. The standard InChI is InChI=1S/C20H19Cl2F4N5OS2/c21-13-8-15(33-18(13)22)34-30-19(32)29-9-14(23)12-2-1-7-31(28)17(12)16(27)10-3-5-11(6-4-10)20(24,25)26/h3-6,8H,1-2,7,9,27-28H2,(H2,29,30,32)/b14-12-,17-16?. The molecule has 1 aliphatic heterocycles. The molecule has 0 saturated carbocycles. The highest BCUT2D eigenvalue weighted by Crippen LogP contribution is 2.36. The highest BCUT2D eigenvalue weighted by Gasteiger charge is 2.30. The molecule has 0 atom stereocenters. The van der Waals surface area contributed by atoms with Crippen LogP contribution in [0.3, 0.4) is 0 Å². The zero-order valence-corrected chi connectivity index (χ0v) is 20.5. The Kier molecular flexibility index (Phi) is 8.63. The molecular weight excluding hydrogens is 537 g/mol. The van der Waals surface area contributed by atoms with E-state index < -0.39 is 30.1 Å². The molecule has 14 heteroatoms. The molecule has 0 bridgehead atoms. The number of hydrazine groups is 1. The lowest BCUT2D eigenvalue weighted by atomic mass is 9.96. The number of rotatable bonds is 5. The maximum Gasteiger partial charge on any atom is 0.416 e. The van der Waals surface area contributed by atoms with Gasteiger partial charge in [-0.15, -0.1) is 11.3 Å². The Morgan fingerprint density at radius 1 is 1.24 bits per heavy atom. The van der Waals surface area contributed by atoms with Crippen molar-refractivity contribution in [3.63, 3.8) is 0 Å². The second-order valence-electron chi connectivity index (χ2n) is 7.09. The van der Waals surface area contributed by atoms with E-state index in [0.29, 0.717) is 33.0 Å². The van der Waals surface area contributed by atoms with E-state index >= 15 is 4.39 Å². The van der Waals surface area contributed by atoms with Crippen molar-refractivity contribution in [1.29, 1.82) is 0 Å². The van der Waals surface area contributed by atoms with E-state index in [2.05, 4.69) is 10.0 Å². The molecule has 0 spiro atoms. The highest BCUT2D eigenvalue weighted by molar-refractivity contribution is 7.99. The summed E-state index contributed by atoms with van der Waals surface area (Å²) in [5.74, 6) is 5.35. The zero-order chi connectivity index (χ0) is 25.0. The quantitative estimate of drug-likeness (QED) is 0.209. The molecule has 1 fully saturated rings. The van der Waals surface area contributed by atoms with Crippen LogP contribution in [0, 0.1) is 0 Å². The Hall–Kier alpha value is -2.12. The van der Waals surface area contributed by atoms with Crippen LogP contribution >= 0.6 is 46.5 Å². The van der Waals surface area contributed by atoms with Crippen molar-refractivity contribution in [3.8, 4) is 0 Å². The number of carbonyl (C=O) groups excluding carboxylic acids is 1. The fourth-order valence-corrected chi connectivity index (χ4v) is 5.45. The summed E-state index contributed by atoms with van der Waals surface area (Å²) in [6.45, 7) is -0.0603. The largest absolute Gasteiger partial charge is 0.416 e. The van der Waals surface area contributed by atoms with Crippen LogP contribution in [0.2, 0.25) is 9.36 Å². The van der Waals surface area contributed by atoms with E-state index in [4.69, 9.17) is 34.8 Å². The number of amides is 2. The smallest absolute Gasteiger partial charge is 0.397 e. The fourth-order valence-electron chi connectivity index (χ4n) is 3.16. The maximum absolute atomic E-state index is 15.1. The minimum Gasteiger partial charge on any atom is -0.397 e. The van der Waals surface area contributed by atoms with Gasteiger partial charge in [-0.1, -0.05) is 35.3 Å². The summed E-state index contributed by atoms with van der Waals surface area (Å²) in [5, 5.41) is 4.01. The SMILES string of the molecule is NC(=C1/C(=C(\F)CNC(=O)NSc2cc(Cl)c(Cl)s2)CCCN1N)c1ccc(C(F)(F)F)cc1. The Bertz CT molecular complexity index is 1100. The average Bonchev–Trinajstić information content (AvgIpc) is 3.12. The van der Waals surface area contributed by atoms with Crippen LogP contribution in [0.1, 0.15) is 24.0 Å². The highest BCUT2D eigenvalue weighted by atomic mass is 35.5. The number of allylic oxidation sites excluding steroid dienone is 1. The van der Waals surface area contributed by atoms with Gasteiger partial charge in [0.25, 0.3) is 0 Å². The number of nitrogens with one attached hydrogen (secondary N) is 2. The summed E-state index contributed by atoms with van der Waals surface area (Å²) in [4.78, 5) is 12.1. The predicted octanol–water partition coefficient (Wildman–Crippen LogP) is 5.90. The van der Waals surface area contributed by atoms with Gasteiger partial charge in [0.1, 0.15) is 10.2 Å². The number of hydrogen-bond acceptors (Lipinski definition) is 6. The third-order valence-electron chi connectivity index (χ3n) is 4.78. The fraction of sp³-hybridized carbons (Fsp3) is 0.250. The number of halogens is 6. The van der Waals surface area contributed by atoms with Gasteiger partial charge in [0.15, 0.2) is 0 Å². The van der Waals surface area contributed by atoms with Crippen molar-refractivity contribution in [3.05, 3.63) is 67.9 Å². The lowest BCUT2D eigenvalue weighted by molar-refractivity contribution is -0.137. The Morgan fingerprint density at radius 3 is 2.50 bits per heavy atom. The van der Waals surface area contributed by atoms with Crippen LogP contribution in [-0.2, 0) is 6.18 Å². The number of thiophene rings is 1. The number of hydrogen-bond donors (Lipinski definition) is 4. The van der Waals surface area contributed by atoms with E-state index in [1.165, 1.54) is 28.5 Å². The van der Waals surface area contributed by atoms with Crippen molar-refractivity contribution < 1.29 is 22.4 Å². The van der Waals surface area contributed by atoms with Crippen molar-refractivity contribution in [2.45, 2.75) is 23.2 Å². The zero-order valence-electron chi connectivity index (χ0n) is 17.3. The molecule has 1 aromatic carbocycles. The number of benzene rings is 1. The number of urea groups is 1. The van der Waals surface area contributed by atoms with E-state index in [-0.39, 0.29) is 22.5 Å². The van der Waals surface area contributed by atoms with Crippen LogP contribution < -0.4 is 21.6 Å². The molecular formula is C20H19Cl2F4N5OS2. The van der Waals surface area contributed by atoms with Crippen molar-refractivity contribution in [2.75, 3.05) is 13.1 Å². The molecule has 0 radical (unpaired) electrons. The predicted molar refractivity (Wildman–Crippen MR) is 128 cm³/mol. The molecule has 2 aromatic rings. The van der Waals surface area contributed by atoms with Crippen molar-refractivity contribution in [1.82, 2.24) is 15.0 Å². The molecule has 184 valence electrons. The van der Waals surface area contributed by atoms with Gasteiger partial charge in [0.2, 0.25) is 0 Å². The summed E-state index contributed by atoms with van der Waals surface area (Å²) in [5.41, 5.74) is 6.00. The number of nitrogens with two attached hydrogens (primary N) is 2. The molecule has 34 heavy (non-hydrogen) atoms. The lowest BCUT2D eigenvalue weighted by Gasteiger charge is -2.31. The van der Waals surface area contributed by atoms with E-state index in [1.807, 2.05) is 0 Å². The summed E-state index contributed by atoms with van der Waals surface area (Å²) in [6.07, 6.45) is -3.67. The van der Waals surface area contributed by atoms with Gasteiger partial charge in [-0.05, 0) is 48.6 Å². The van der Waals surface area contributed by atoms with E-state index in [0.717, 1.165) is 24.1 Å².